The van der Waals surface area contributed by atoms with Gasteiger partial charge in [0.25, 0.3) is 0 Å². The minimum absolute atomic E-state index is 0.321. The van der Waals surface area contributed by atoms with E-state index in [4.69, 9.17) is 26.3 Å². The number of pyridine rings is 1. The molecule has 2 aliphatic heterocycles. The molecule has 0 bridgehead atoms. The highest BCUT2D eigenvalue weighted by molar-refractivity contribution is 6.31. The number of fused-ring (bicyclic) bond motifs is 2. The Hall–Kier alpha value is -2.26. The largest absolute Gasteiger partial charge is 0.479 e. The van der Waals surface area contributed by atoms with E-state index >= 15 is 0 Å². The van der Waals surface area contributed by atoms with Gasteiger partial charge in [-0.05, 0) is 33.8 Å². The molecule has 0 aromatic carbocycles. The lowest BCUT2D eigenvalue weighted by atomic mass is 9.87. The summed E-state index contributed by atoms with van der Waals surface area (Å²) in [7, 11) is 0. The molecule has 0 unspecified atom stereocenters. The van der Waals surface area contributed by atoms with Crippen molar-refractivity contribution in [2.75, 3.05) is 13.1 Å². The fourth-order valence-electron chi connectivity index (χ4n) is 3.31. The molecule has 2 aliphatic rings. The van der Waals surface area contributed by atoms with Crippen LogP contribution in [0.3, 0.4) is 0 Å². The molecule has 1 fully saturated rings. The highest BCUT2D eigenvalue weighted by Crippen LogP contribution is 2.48. The van der Waals surface area contributed by atoms with Crippen molar-refractivity contribution in [1.82, 2.24) is 9.88 Å². The van der Waals surface area contributed by atoms with E-state index in [1.165, 1.54) is 6.08 Å². The van der Waals surface area contributed by atoms with Gasteiger partial charge in [0.1, 0.15) is 11.4 Å². The number of carbonyl (C=O) groups excluding carboxylic acids is 1. The second-order valence-corrected chi connectivity index (χ2v) is 8.06. The van der Waals surface area contributed by atoms with Gasteiger partial charge in [0, 0.05) is 31.5 Å². The van der Waals surface area contributed by atoms with Crippen molar-refractivity contribution < 1.29 is 14.3 Å². The first kappa shape index (κ1) is 18.5. The van der Waals surface area contributed by atoms with Crippen molar-refractivity contribution in [2.45, 2.75) is 51.7 Å². The molecule has 3 rings (SSSR count). The molecule has 1 aromatic heterocycles. The number of nitrogens with zero attached hydrogens (tertiary/aromatic N) is 3. The predicted octanol–water partition coefficient (Wildman–Crippen LogP) is 4.16. The summed E-state index contributed by atoms with van der Waals surface area (Å²) in [6.45, 7) is 8.39. The van der Waals surface area contributed by atoms with Gasteiger partial charge in [-0.1, -0.05) is 11.6 Å². The molecule has 1 spiro atoms. The Morgan fingerprint density at radius 2 is 2.12 bits per heavy atom. The number of piperidine rings is 1. The van der Waals surface area contributed by atoms with Crippen LogP contribution in [0.2, 0.25) is 5.02 Å². The van der Waals surface area contributed by atoms with Gasteiger partial charge >= 0.3 is 6.09 Å². The van der Waals surface area contributed by atoms with Gasteiger partial charge in [-0.15, -0.1) is 0 Å². The summed E-state index contributed by atoms with van der Waals surface area (Å²) < 4.78 is 11.6. The van der Waals surface area contributed by atoms with Gasteiger partial charge in [0.15, 0.2) is 5.60 Å². The Morgan fingerprint density at radius 3 is 2.69 bits per heavy atom. The van der Waals surface area contributed by atoms with Gasteiger partial charge < -0.3 is 14.4 Å². The van der Waals surface area contributed by atoms with E-state index in [1.807, 2.05) is 33.8 Å². The van der Waals surface area contributed by atoms with Crippen molar-refractivity contribution in [1.29, 1.82) is 5.26 Å². The van der Waals surface area contributed by atoms with Crippen LogP contribution in [-0.4, -0.2) is 34.7 Å². The van der Waals surface area contributed by atoms with Crippen LogP contribution >= 0.6 is 11.6 Å². The quantitative estimate of drug-likeness (QED) is 0.636. The average molecular weight is 376 g/mol. The zero-order valence-electron chi connectivity index (χ0n) is 15.4. The number of aromatic nitrogens is 1. The number of hydrogen-bond donors (Lipinski definition) is 0. The number of likely N-dealkylation sites (tertiary alicyclic amines) is 1. The van der Waals surface area contributed by atoms with E-state index in [2.05, 4.69) is 4.98 Å². The molecule has 7 heteroatoms. The Kier molecular flexibility index (Phi) is 4.61. The number of carbonyl (C=O) groups is 1. The molecule has 6 nitrogen and oxygen atoms in total. The van der Waals surface area contributed by atoms with E-state index < -0.39 is 11.2 Å². The van der Waals surface area contributed by atoms with E-state index in [9.17, 15) is 4.79 Å². The topological polar surface area (TPSA) is 75.5 Å². The van der Waals surface area contributed by atoms with Crippen molar-refractivity contribution in [2.24, 2.45) is 0 Å². The summed E-state index contributed by atoms with van der Waals surface area (Å²) in [6.07, 6.45) is 2.21. The number of aryl methyl sites for hydroxylation is 1. The van der Waals surface area contributed by atoms with Crippen molar-refractivity contribution in [3.05, 3.63) is 34.1 Å². The third kappa shape index (κ3) is 3.36. The molecule has 26 heavy (non-hydrogen) atoms. The van der Waals surface area contributed by atoms with Crippen molar-refractivity contribution >= 4 is 23.5 Å². The van der Waals surface area contributed by atoms with E-state index in [0.29, 0.717) is 36.7 Å². The molecule has 0 saturated carbocycles. The second-order valence-electron chi connectivity index (χ2n) is 7.65. The maximum absolute atomic E-state index is 12.3. The number of allylic oxidation sites excluding steroid dienone is 1. The average Bonchev–Trinajstić information content (AvgIpc) is 2.81. The first-order valence-corrected chi connectivity index (χ1v) is 8.98. The maximum Gasteiger partial charge on any atom is 0.410 e. The number of nitriles is 1. The summed E-state index contributed by atoms with van der Waals surface area (Å²) >= 11 is 6.21. The summed E-state index contributed by atoms with van der Waals surface area (Å²) in [5.74, 6) is 0.489. The fraction of sp³-hybridized carbons (Fsp3) is 0.526. The highest BCUT2D eigenvalue weighted by Gasteiger charge is 2.48. The number of hydrogen-bond acceptors (Lipinski definition) is 5. The smallest absolute Gasteiger partial charge is 0.410 e. The van der Waals surface area contributed by atoms with Gasteiger partial charge in [-0.3, -0.25) is 4.98 Å². The lowest BCUT2D eigenvalue weighted by molar-refractivity contribution is -0.0286. The van der Waals surface area contributed by atoms with E-state index in [0.717, 1.165) is 17.0 Å². The zero-order chi connectivity index (χ0) is 19.1. The van der Waals surface area contributed by atoms with Crippen LogP contribution in [0.15, 0.2) is 12.1 Å². The second kappa shape index (κ2) is 6.48. The van der Waals surface area contributed by atoms with Crippen molar-refractivity contribution in [3.8, 4) is 6.07 Å². The Morgan fingerprint density at radius 1 is 1.46 bits per heavy atom. The standard InChI is InChI=1S/C19H22ClN3O3/c1-12-14(20)11-13-15(5-8-21)25-19(16(13)22-12)6-9-23(10-7-19)17(24)26-18(2,3)4/h5,11H,6-7,9-10H2,1-4H3. The van der Waals surface area contributed by atoms with Crippen LogP contribution in [0, 0.1) is 18.3 Å². The molecule has 0 aliphatic carbocycles. The summed E-state index contributed by atoms with van der Waals surface area (Å²) in [4.78, 5) is 18.6. The number of halogens is 1. The van der Waals surface area contributed by atoms with Gasteiger partial charge in [0.05, 0.1) is 28.6 Å². The lowest BCUT2D eigenvalue weighted by Gasteiger charge is -2.38. The summed E-state index contributed by atoms with van der Waals surface area (Å²) in [5, 5.41) is 9.60. The SMILES string of the molecule is Cc1nc2c(cc1Cl)C(=CC#N)OC21CCN(C(=O)OC(C)(C)C)CC1. The lowest BCUT2D eigenvalue weighted by Crippen LogP contribution is -2.47. The molecular weight excluding hydrogens is 354 g/mol. The molecular formula is C19H22ClN3O3. The molecule has 1 aromatic rings. The van der Waals surface area contributed by atoms with Crippen LogP contribution in [0.25, 0.3) is 5.76 Å². The molecule has 1 amide bonds. The maximum atomic E-state index is 12.3. The Labute approximate surface area is 158 Å². The predicted molar refractivity (Wildman–Crippen MR) is 97.4 cm³/mol. The van der Waals surface area contributed by atoms with Gasteiger partial charge in [0.2, 0.25) is 0 Å². The summed E-state index contributed by atoms with van der Waals surface area (Å²) in [6, 6.07) is 3.82. The molecule has 1 saturated heterocycles. The summed E-state index contributed by atoms with van der Waals surface area (Å²) in [5.41, 5.74) is 1.12. The van der Waals surface area contributed by atoms with Crippen LogP contribution < -0.4 is 0 Å². The fourth-order valence-corrected chi connectivity index (χ4v) is 3.46. The molecule has 0 radical (unpaired) electrons. The number of amides is 1. The number of ether oxygens (including phenoxy) is 2. The van der Waals surface area contributed by atoms with E-state index in [-0.39, 0.29) is 6.09 Å². The monoisotopic (exact) mass is 375 g/mol. The normalized spacial score (nSPS) is 19.8. The third-order valence-electron chi connectivity index (χ3n) is 4.57. The van der Waals surface area contributed by atoms with Crippen LogP contribution in [-0.2, 0) is 15.1 Å². The molecule has 138 valence electrons. The minimum atomic E-state index is -0.633. The van der Waals surface area contributed by atoms with Crippen molar-refractivity contribution in [3.63, 3.8) is 0 Å². The first-order valence-electron chi connectivity index (χ1n) is 8.60. The van der Waals surface area contributed by atoms with Crippen LogP contribution in [0.4, 0.5) is 4.79 Å². The Balaban J connectivity index is 1.86. The molecule has 0 N–H and O–H groups in total. The minimum Gasteiger partial charge on any atom is -0.479 e. The number of rotatable bonds is 0. The molecule has 3 heterocycles. The van der Waals surface area contributed by atoms with Crippen LogP contribution in [0.5, 0.6) is 0 Å². The zero-order valence-corrected chi connectivity index (χ0v) is 16.2. The van der Waals surface area contributed by atoms with Gasteiger partial charge in [-0.2, -0.15) is 5.26 Å². The Bertz CT molecular complexity index is 813. The van der Waals surface area contributed by atoms with Crippen LogP contribution in [0.1, 0.15) is 50.6 Å². The van der Waals surface area contributed by atoms with E-state index in [1.54, 1.807) is 11.0 Å². The first-order chi connectivity index (χ1) is 12.1. The molecule has 0 atom stereocenters. The highest BCUT2D eigenvalue weighted by atomic mass is 35.5. The third-order valence-corrected chi connectivity index (χ3v) is 4.95. The van der Waals surface area contributed by atoms with Gasteiger partial charge in [-0.25, -0.2) is 4.79 Å².